The van der Waals surface area contributed by atoms with Gasteiger partial charge < -0.3 is 0 Å². The van der Waals surface area contributed by atoms with E-state index in [0.717, 1.165) is 22.3 Å². The summed E-state index contributed by atoms with van der Waals surface area (Å²) in [5.74, 6) is 0. The number of aryl methyl sites for hydroxylation is 3. The third-order valence-electron chi connectivity index (χ3n) is 5.00. The van der Waals surface area contributed by atoms with Gasteiger partial charge in [0, 0.05) is 10.7 Å². The quantitative estimate of drug-likeness (QED) is 0.512. The molecule has 0 spiro atoms. The monoisotopic (exact) mass is 407 g/mol. The van der Waals surface area contributed by atoms with E-state index in [1.54, 1.807) is 4.31 Å². The average Bonchev–Trinajstić information content (AvgIpc) is 3.23. The summed E-state index contributed by atoms with van der Waals surface area (Å²) in [5, 5.41) is 0.665. The molecule has 26 heavy (non-hydrogen) atoms. The van der Waals surface area contributed by atoms with Gasteiger partial charge >= 0.3 is 0 Å². The molecule has 3 atom stereocenters. The maximum atomic E-state index is 13.6. The molecule has 1 aliphatic heterocycles. The van der Waals surface area contributed by atoms with Crippen LogP contribution in [-0.4, -0.2) is 26.5 Å². The van der Waals surface area contributed by atoms with Gasteiger partial charge in [-0.05, 0) is 49.6 Å². The largest absolute Gasteiger partial charge is 0.244 e. The van der Waals surface area contributed by atoms with Crippen molar-refractivity contribution in [3.63, 3.8) is 0 Å². The lowest BCUT2D eigenvalue weighted by atomic mass is 10.1. The number of benzene rings is 2. The van der Waals surface area contributed by atoms with E-state index >= 15 is 0 Å². The number of hydrogen-bond donors (Lipinski definition) is 0. The van der Waals surface area contributed by atoms with Crippen LogP contribution in [0.3, 0.4) is 0 Å². The topological polar surface area (TPSA) is 37.1 Å². The van der Waals surface area contributed by atoms with Crippen LogP contribution in [0, 0.1) is 20.8 Å². The first-order valence-corrected chi connectivity index (χ1v) is 14.2. The highest BCUT2D eigenvalue weighted by Gasteiger charge is 2.61. The fourth-order valence-corrected chi connectivity index (χ4v) is 9.81. The third-order valence-corrected chi connectivity index (χ3v) is 9.97. The van der Waals surface area contributed by atoms with Gasteiger partial charge in [0.15, 0.2) is 0 Å². The highest BCUT2D eigenvalue weighted by atomic mass is 35.5. The molecule has 0 N–H and O–H groups in total. The first-order chi connectivity index (χ1) is 11.9. The van der Waals surface area contributed by atoms with Crippen LogP contribution in [0.1, 0.15) is 28.3 Å². The lowest BCUT2D eigenvalue weighted by Gasteiger charge is -2.17. The summed E-state index contributed by atoms with van der Waals surface area (Å²) >= 11 is 6.02. The van der Waals surface area contributed by atoms with Crippen LogP contribution in [-0.2, 0) is 10.0 Å². The van der Waals surface area contributed by atoms with Crippen LogP contribution in [0.5, 0.6) is 0 Å². The second-order valence-electron chi connectivity index (χ2n) is 8.37. The standard InChI is InChI=1S/C20H26ClNO2SSi/c1-13-11-14(2)19(15(3)12-13)25(23,24)22-18(20(22)26(4,5)6)16-7-9-17(21)10-8-16/h7-12,18,20H,1-6H3/t18-,20+,22?/m1/s1. The van der Waals surface area contributed by atoms with E-state index < -0.39 is 18.1 Å². The highest BCUT2D eigenvalue weighted by Crippen LogP contribution is 2.52. The molecule has 6 heteroatoms. The highest BCUT2D eigenvalue weighted by molar-refractivity contribution is 7.89. The van der Waals surface area contributed by atoms with E-state index in [1.807, 2.05) is 57.2 Å². The normalized spacial score (nSPS) is 23.1. The van der Waals surface area contributed by atoms with Gasteiger partial charge in [0.1, 0.15) is 0 Å². The molecule has 1 fully saturated rings. The van der Waals surface area contributed by atoms with Crippen molar-refractivity contribution in [3.8, 4) is 0 Å². The van der Waals surface area contributed by atoms with Crippen molar-refractivity contribution in [2.75, 3.05) is 0 Å². The fraction of sp³-hybridized carbons (Fsp3) is 0.400. The Balaban J connectivity index is 2.10. The second kappa shape index (κ2) is 6.48. The Morgan fingerprint density at radius 2 is 1.46 bits per heavy atom. The van der Waals surface area contributed by atoms with Crippen molar-refractivity contribution in [1.29, 1.82) is 0 Å². The van der Waals surface area contributed by atoms with Gasteiger partial charge in [0.25, 0.3) is 0 Å². The van der Waals surface area contributed by atoms with Gasteiger partial charge in [-0.3, -0.25) is 0 Å². The van der Waals surface area contributed by atoms with Crippen LogP contribution in [0.15, 0.2) is 41.3 Å². The van der Waals surface area contributed by atoms with Crippen molar-refractivity contribution in [1.82, 2.24) is 4.31 Å². The zero-order valence-electron chi connectivity index (χ0n) is 16.2. The average molecular weight is 408 g/mol. The second-order valence-corrected chi connectivity index (χ2v) is 15.9. The molecule has 1 heterocycles. The SMILES string of the molecule is Cc1cc(C)c(S(=O)(=O)N2[C@H](c3ccc(Cl)cc3)[C@@H]2[Si](C)(C)C)c(C)c1. The Labute approximate surface area is 163 Å². The lowest BCUT2D eigenvalue weighted by Crippen LogP contribution is -2.33. The van der Waals surface area contributed by atoms with E-state index in [9.17, 15) is 8.42 Å². The molecule has 0 saturated carbocycles. The van der Waals surface area contributed by atoms with Crippen molar-refractivity contribution in [2.24, 2.45) is 0 Å². The predicted octanol–water partition coefficient (Wildman–Crippen LogP) is 5.26. The van der Waals surface area contributed by atoms with Gasteiger partial charge in [0.2, 0.25) is 10.0 Å². The number of sulfonamides is 1. The minimum atomic E-state index is -3.55. The molecule has 3 nitrogen and oxygen atoms in total. The molecule has 1 saturated heterocycles. The zero-order valence-corrected chi connectivity index (χ0v) is 18.7. The zero-order chi connectivity index (χ0) is 19.4. The first-order valence-electron chi connectivity index (χ1n) is 8.81. The van der Waals surface area contributed by atoms with Crippen molar-refractivity contribution in [3.05, 3.63) is 63.7 Å². The van der Waals surface area contributed by atoms with E-state index in [4.69, 9.17) is 11.6 Å². The van der Waals surface area contributed by atoms with Crippen LogP contribution >= 0.6 is 11.6 Å². The minimum Gasteiger partial charge on any atom is -0.207 e. The van der Waals surface area contributed by atoms with E-state index in [-0.39, 0.29) is 11.7 Å². The Morgan fingerprint density at radius 3 is 1.92 bits per heavy atom. The molecular formula is C20H26ClNO2SSi. The summed E-state index contributed by atoms with van der Waals surface area (Å²) in [6.45, 7) is 12.4. The number of halogens is 1. The number of hydrogen-bond acceptors (Lipinski definition) is 2. The van der Waals surface area contributed by atoms with Gasteiger partial charge in [-0.2, -0.15) is 4.31 Å². The smallest absolute Gasteiger partial charge is 0.207 e. The van der Waals surface area contributed by atoms with E-state index in [2.05, 4.69) is 19.6 Å². The van der Waals surface area contributed by atoms with Gasteiger partial charge in [-0.15, -0.1) is 0 Å². The summed E-state index contributed by atoms with van der Waals surface area (Å²) in [5.41, 5.74) is 3.81. The Kier molecular flexibility index (Phi) is 4.89. The molecule has 3 rings (SSSR count). The Morgan fingerprint density at radius 1 is 0.962 bits per heavy atom. The first kappa shape index (κ1) is 19.6. The van der Waals surface area contributed by atoms with Crippen molar-refractivity contribution in [2.45, 2.75) is 57.0 Å². The van der Waals surface area contributed by atoms with Crippen LogP contribution < -0.4 is 0 Å². The van der Waals surface area contributed by atoms with Gasteiger partial charge in [-0.1, -0.05) is 61.1 Å². The molecule has 0 radical (unpaired) electrons. The minimum absolute atomic E-state index is 0.0637. The molecule has 0 bridgehead atoms. The van der Waals surface area contributed by atoms with E-state index in [1.165, 1.54) is 0 Å². The maximum Gasteiger partial charge on any atom is 0.244 e. The molecule has 0 amide bonds. The van der Waals surface area contributed by atoms with Crippen LogP contribution in [0.4, 0.5) is 0 Å². The molecular weight excluding hydrogens is 382 g/mol. The number of nitrogens with zero attached hydrogens (tertiary/aromatic N) is 1. The fourth-order valence-electron chi connectivity index (χ4n) is 4.03. The Bertz CT molecular complexity index is 926. The predicted molar refractivity (Wildman–Crippen MR) is 111 cm³/mol. The van der Waals surface area contributed by atoms with Crippen molar-refractivity contribution >= 4 is 29.7 Å². The molecule has 2 aromatic carbocycles. The van der Waals surface area contributed by atoms with Gasteiger partial charge in [-0.25, -0.2) is 8.42 Å². The summed E-state index contributed by atoms with van der Waals surface area (Å²) in [6.07, 6.45) is 0. The molecule has 0 aliphatic carbocycles. The van der Waals surface area contributed by atoms with Crippen LogP contribution in [0.25, 0.3) is 0 Å². The van der Waals surface area contributed by atoms with E-state index in [0.29, 0.717) is 9.92 Å². The summed E-state index contributed by atoms with van der Waals surface area (Å²) in [6, 6.07) is 11.4. The molecule has 1 aliphatic rings. The maximum absolute atomic E-state index is 13.6. The molecule has 2 aromatic rings. The summed E-state index contributed by atoms with van der Waals surface area (Å²) in [7, 11) is -5.27. The summed E-state index contributed by atoms with van der Waals surface area (Å²) < 4.78 is 28.9. The molecule has 140 valence electrons. The molecule has 0 aromatic heterocycles. The van der Waals surface area contributed by atoms with Crippen LogP contribution in [0.2, 0.25) is 24.7 Å². The summed E-state index contributed by atoms with van der Waals surface area (Å²) in [4.78, 5) is 0.461. The Hall–Kier alpha value is -1.14. The molecule has 1 unspecified atom stereocenters. The van der Waals surface area contributed by atoms with Gasteiger partial charge in [0.05, 0.1) is 19.0 Å². The number of rotatable bonds is 4. The van der Waals surface area contributed by atoms with Crippen molar-refractivity contribution < 1.29 is 8.42 Å². The lowest BCUT2D eigenvalue weighted by molar-refractivity contribution is 0.550. The third kappa shape index (κ3) is 3.38.